The third-order valence-electron chi connectivity index (χ3n) is 3.73. The Bertz CT molecular complexity index is 450. The van der Waals surface area contributed by atoms with Crippen LogP contribution in [0.1, 0.15) is 24.0 Å². The maximum Gasteiger partial charge on any atom is 0.269 e. The third kappa shape index (κ3) is 2.15. The van der Waals surface area contributed by atoms with Gasteiger partial charge in [0.1, 0.15) is 0 Å². The van der Waals surface area contributed by atoms with E-state index in [-0.39, 0.29) is 23.0 Å². The van der Waals surface area contributed by atoms with E-state index in [1.54, 1.807) is 12.1 Å². The number of hydrogen-bond acceptors (Lipinski definition) is 3. The number of rotatable bonds is 1. The Morgan fingerprint density at radius 3 is 2.94 bits per heavy atom. The molecule has 0 saturated carbocycles. The molecule has 0 radical (unpaired) electrons. The monoisotopic (exact) mass is 254 g/mol. The topological polar surface area (TPSA) is 46.4 Å². The van der Waals surface area contributed by atoms with Crippen LogP contribution in [0.3, 0.4) is 0 Å². The molecule has 0 amide bonds. The highest BCUT2D eigenvalue weighted by Gasteiger charge is 2.30. The summed E-state index contributed by atoms with van der Waals surface area (Å²) in [4.78, 5) is 12.8. The van der Waals surface area contributed by atoms with Crippen molar-refractivity contribution in [3.8, 4) is 0 Å². The van der Waals surface area contributed by atoms with Gasteiger partial charge < -0.3 is 0 Å². The summed E-state index contributed by atoms with van der Waals surface area (Å²) in [6.45, 7) is 2.04. The van der Waals surface area contributed by atoms with E-state index in [0.29, 0.717) is 6.04 Å². The molecule has 2 heterocycles. The second-order valence-electron chi connectivity index (χ2n) is 4.68. The third-order valence-corrected chi connectivity index (χ3v) is 3.73. The van der Waals surface area contributed by atoms with Crippen molar-refractivity contribution in [3.63, 3.8) is 0 Å². The zero-order valence-electron chi connectivity index (χ0n) is 9.46. The van der Waals surface area contributed by atoms with Gasteiger partial charge in [0.2, 0.25) is 0 Å². The highest BCUT2D eigenvalue weighted by atomic mass is 35.5. The fourth-order valence-corrected chi connectivity index (χ4v) is 2.88. The molecule has 4 nitrogen and oxygen atoms in total. The lowest BCUT2D eigenvalue weighted by Crippen LogP contribution is -2.35. The molecule has 92 valence electrons. The molecular formula is C12H15ClN2O2. The predicted octanol–water partition coefficient (Wildman–Crippen LogP) is 2.54. The number of nitro groups is 1. The zero-order chi connectivity index (χ0) is 11.1. The van der Waals surface area contributed by atoms with Crippen LogP contribution in [0, 0.1) is 10.1 Å². The molecular weight excluding hydrogens is 240 g/mol. The van der Waals surface area contributed by atoms with Gasteiger partial charge in [-0.1, -0.05) is 6.07 Å². The first-order chi connectivity index (χ1) is 7.74. The van der Waals surface area contributed by atoms with Gasteiger partial charge in [-0.2, -0.15) is 0 Å². The van der Waals surface area contributed by atoms with Gasteiger partial charge >= 0.3 is 0 Å². The van der Waals surface area contributed by atoms with E-state index in [1.807, 2.05) is 6.07 Å². The van der Waals surface area contributed by atoms with E-state index >= 15 is 0 Å². The van der Waals surface area contributed by atoms with Crippen LogP contribution in [0.25, 0.3) is 0 Å². The SMILES string of the molecule is Cl.O=[N+]([O-])c1ccc2c(c1)CN1CCCC1C2. The summed E-state index contributed by atoms with van der Waals surface area (Å²) in [5.41, 5.74) is 2.66. The van der Waals surface area contributed by atoms with E-state index in [9.17, 15) is 10.1 Å². The average molecular weight is 255 g/mol. The van der Waals surface area contributed by atoms with Crippen molar-refractivity contribution in [2.45, 2.75) is 31.8 Å². The van der Waals surface area contributed by atoms with Crippen LogP contribution in [-0.4, -0.2) is 22.4 Å². The average Bonchev–Trinajstić information content (AvgIpc) is 2.71. The molecule has 2 aliphatic heterocycles. The Labute approximate surface area is 106 Å². The maximum atomic E-state index is 10.7. The molecule has 5 heteroatoms. The lowest BCUT2D eigenvalue weighted by molar-refractivity contribution is -0.385. The number of non-ortho nitro benzene ring substituents is 1. The van der Waals surface area contributed by atoms with Gasteiger partial charge in [0.05, 0.1) is 4.92 Å². The first-order valence-corrected chi connectivity index (χ1v) is 5.74. The minimum Gasteiger partial charge on any atom is -0.296 e. The lowest BCUT2D eigenvalue weighted by Gasteiger charge is -2.31. The number of fused-ring (bicyclic) bond motifs is 2. The summed E-state index contributed by atoms with van der Waals surface area (Å²) in [6, 6.07) is 5.98. The van der Waals surface area contributed by atoms with Gasteiger partial charge in [0.15, 0.2) is 0 Å². The van der Waals surface area contributed by atoms with E-state index in [2.05, 4.69) is 4.90 Å². The van der Waals surface area contributed by atoms with Gasteiger partial charge in [-0.15, -0.1) is 12.4 Å². The summed E-state index contributed by atoms with van der Waals surface area (Å²) < 4.78 is 0. The fourth-order valence-electron chi connectivity index (χ4n) is 2.88. The van der Waals surface area contributed by atoms with Gasteiger partial charge in [0, 0.05) is 24.7 Å². The molecule has 1 aromatic carbocycles. The first-order valence-electron chi connectivity index (χ1n) is 5.74. The van der Waals surface area contributed by atoms with Crippen LogP contribution in [0.5, 0.6) is 0 Å². The number of nitro benzene ring substituents is 1. The Hall–Kier alpha value is -1.13. The van der Waals surface area contributed by atoms with Crippen LogP contribution < -0.4 is 0 Å². The van der Waals surface area contributed by atoms with Crippen molar-refractivity contribution >= 4 is 18.1 Å². The first kappa shape index (κ1) is 12.3. The van der Waals surface area contributed by atoms with E-state index in [1.165, 1.54) is 18.4 Å². The van der Waals surface area contributed by atoms with Crippen molar-refractivity contribution in [1.82, 2.24) is 4.90 Å². The minimum atomic E-state index is -0.309. The normalized spacial score (nSPS) is 22.5. The summed E-state index contributed by atoms with van der Waals surface area (Å²) in [5, 5.41) is 10.7. The molecule has 1 fully saturated rings. The number of nitrogens with zero attached hydrogens (tertiary/aromatic N) is 2. The second-order valence-corrected chi connectivity index (χ2v) is 4.68. The Balaban J connectivity index is 0.00000108. The van der Waals surface area contributed by atoms with Gasteiger partial charge in [-0.25, -0.2) is 0 Å². The summed E-state index contributed by atoms with van der Waals surface area (Å²) >= 11 is 0. The molecule has 1 atom stereocenters. The molecule has 2 aliphatic rings. The van der Waals surface area contributed by atoms with E-state index in [0.717, 1.165) is 25.1 Å². The number of halogens is 1. The van der Waals surface area contributed by atoms with Crippen molar-refractivity contribution in [1.29, 1.82) is 0 Å². The highest BCUT2D eigenvalue weighted by molar-refractivity contribution is 5.85. The van der Waals surface area contributed by atoms with Gasteiger partial charge in [-0.05, 0) is 36.9 Å². The molecule has 3 rings (SSSR count). The van der Waals surface area contributed by atoms with Crippen molar-refractivity contribution in [2.24, 2.45) is 0 Å². The van der Waals surface area contributed by atoms with Crippen molar-refractivity contribution < 1.29 is 4.92 Å². The second kappa shape index (κ2) is 4.63. The van der Waals surface area contributed by atoms with Crippen molar-refractivity contribution in [3.05, 3.63) is 39.4 Å². The molecule has 1 aromatic rings. The zero-order valence-corrected chi connectivity index (χ0v) is 10.3. The van der Waals surface area contributed by atoms with Crippen molar-refractivity contribution in [2.75, 3.05) is 6.54 Å². The fraction of sp³-hybridized carbons (Fsp3) is 0.500. The molecule has 0 spiro atoms. The lowest BCUT2D eigenvalue weighted by atomic mass is 9.94. The maximum absolute atomic E-state index is 10.7. The molecule has 1 saturated heterocycles. The van der Waals surface area contributed by atoms with Crippen LogP contribution in [-0.2, 0) is 13.0 Å². The van der Waals surface area contributed by atoms with Gasteiger partial charge in [0.25, 0.3) is 5.69 Å². The Morgan fingerprint density at radius 1 is 1.35 bits per heavy atom. The smallest absolute Gasteiger partial charge is 0.269 e. The molecule has 1 unspecified atom stereocenters. The number of hydrogen-bond donors (Lipinski definition) is 0. The quantitative estimate of drug-likeness (QED) is 0.572. The van der Waals surface area contributed by atoms with Crippen LogP contribution >= 0.6 is 12.4 Å². The van der Waals surface area contributed by atoms with Crippen LogP contribution in [0.2, 0.25) is 0 Å². The minimum absolute atomic E-state index is 0. The largest absolute Gasteiger partial charge is 0.296 e. The molecule has 17 heavy (non-hydrogen) atoms. The Kier molecular flexibility index (Phi) is 3.35. The highest BCUT2D eigenvalue weighted by Crippen LogP contribution is 2.31. The number of benzene rings is 1. The molecule has 0 aliphatic carbocycles. The summed E-state index contributed by atoms with van der Waals surface area (Å²) in [6.07, 6.45) is 3.60. The van der Waals surface area contributed by atoms with E-state index in [4.69, 9.17) is 0 Å². The molecule has 0 N–H and O–H groups in total. The van der Waals surface area contributed by atoms with Gasteiger partial charge in [-0.3, -0.25) is 15.0 Å². The standard InChI is InChI=1S/C12H14N2O2.ClH/c15-14(16)12-4-3-9-6-11-2-1-5-13(11)8-10(9)7-12;/h3-4,7,11H,1-2,5-6,8H2;1H. The predicted molar refractivity (Wildman–Crippen MR) is 67.5 cm³/mol. The van der Waals surface area contributed by atoms with E-state index < -0.39 is 0 Å². The van der Waals surface area contributed by atoms with Crippen LogP contribution in [0.15, 0.2) is 18.2 Å². The summed E-state index contributed by atoms with van der Waals surface area (Å²) in [7, 11) is 0. The molecule has 0 bridgehead atoms. The summed E-state index contributed by atoms with van der Waals surface area (Å²) in [5.74, 6) is 0. The molecule has 0 aromatic heterocycles. The Morgan fingerprint density at radius 2 is 2.18 bits per heavy atom. The van der Waals surface area contributed by atoms with Crippen LogP contribution in [0.4, 0.5) is 5.69 Å².